The topological polar surface area (TPSA) is 29.5 Å². The summed E-state index contributed by atoms with van der Waals surface area (Å²) in [5.74, 6) is 0.877. The van der Waals surface area contributed by atoms with Crippen LogP contribution in [0.1, 0.15) is 30.9 Å². The highest BCUT2D eigenvalue weighted by atomic mass is 16.5. The third-order valence-corrected chi connectivity index (χ3v) is 2.42. The molecule has 0 amide bonds. The van der Waals surface area contributed by atoms with Gasteiger partial charge in [0.15, 0.2) is 11.5 Å². The van der Waals surface area contributed by atoms with Crippen molar-refractivity contribution in [2.45, 2.75) is 33.6 Å². The number of phenols is 1. The molecule has 1 N–H and O–H groups in total. The highest BCUT2D eigenvalue weighted by Crippen LogP contribution is 2.31. The minimum absolute atomic E-state index is 0.279. The first kappa shape index (κ1) is 10.9. The van der Waals surface area contributed by atoms with E-state index < -0.39 is 0 Å². The van der Waals surface area contributed by atoms with Crippen LogP contribution in [0, 0.1) is 13.8 Å². The summed E-state index contributed by atoms with van der Waals surface area (Å²) in [6.07, 6.45) is 2.12. The van der Waals surface area contributed by atoms with Crippen LogP contribution in [0.4, 0.5) is 0 Å². The maximum Gasteiger partial charge on any atom is 0.161 e. The Hall–Kier alpha value is -1.18. The summed E-state index contributed by atoms with van der Waals surface area (Å²) in [4.78, 5) is 0. The van der Waals surface area contributed by atoms with Gasteiger partial charge < -0.3 is 9.84 Å². The number of unbranched alkanes of at least 4 members (excludes halogenated alkanes) is 1. The summed E-state index contributed by atoms with van der Waals surface area (Å²) in [6, 6.07) is 3.80. The van der Waals surface area contributed by atoms with Crippen LogP contribution < -0.4 is 4.74 Å². The molecule has 78 valence electrons. The number of hydrogen-bond acceptors (Lipinski definition) is 2. The van der Waals surface area contributed by atoms with E-state index in [1.54, 1.807) is 0 Å². The van der Waals surface area contributed by atoms with E-state index in [0.29, 0.717) is 12.4 Å². The van der Waals surface area contributed by atoms with Crippen molar-refractivity contribution < 1.29 is 9.84 Å². The third-order valence-electron chi connectivity index (χ3n) is 2.42. The number of benzene rings is 1. The minimum atomic E-state index is 0.279. The van der Waals surface area contributed by atoms with Gasteiger partial charge in [-0.15, -0.1) is 0 Å². The zero-order valence-electron chi connectivity index (χ0n) is 9.13. The molecule has 0 spiro atoms. The fourth-order valence-electron chi connectivity index (χ4n) is 1.22. The van der Waals surface area contributed by atoms with Gasteiger partial charge in [-0.3, -0.25) is 0 Å². The van der Waals surface area contributed by atoms with Crippen molar-refractivity contribution in [1.82, 2.24) is 0 Å². The summed E-state index contributed by atoms with van der Waals surface area (Å²) in [6.45, 7) is 6.67. The lowest BCUT2D eigenvalue weighted by atomic mass is 10.1. The lowest BCUT2D eigenvalue weighted by molar-refractivity contribution is 0.292. The quantitative estimate of drug-likeness (QED) is 0.746. The van der Waals surface area contributed by atoms with E-state index >= 15 is 0 Å². The van der Waals surface area contributed by atoms with Crippen molar-refractivity contribution in [3.8, 4) is 11.5 Å². The Morgan fingerprint density at radius 1 is 1.29 bits per heavy atom. The van der Waals surface area contributed by atoms with Gasteiger partial charge in [-0.2, -0.15) is 0 Å². The molecular weight excluding hydrogens is 176 g/mol. The SMILES string of the molecule is CCCCOc1ccc(C)c(C)c1O. The summed E-state index contributed by atoms with van der Waals surface area (Å²) in [7, 11) is 0. The Bertz CT molecular complexity index is 305. The number of aryl methyl sites for hydroxylation is 1. The van der Waals surface area contributed by atoms with E-state index in [-0.39, 0.29) is 5.75 Å². The van der Waals surface area contributed by atoms with Crippen LogP contribution in [0.25, 0.3) is 0 Å². The smallest absolute Gasteiger partial charge is 0.161 e. The number of aromatic hydroxyl groups is 1. The van der Waals surface area contributed by atoms with Crippen LogP contribution in [0.3, 0.4) is 0 Å². The Kier molecular flexibility index (Phi) is 3.81. The maximum atomic E-state index is 9.75. The van der Waals surface area contributed by atoms with Crippen molar-refractivity contribution in [3.63, 3.8) is 0 Å². The first-order valence-corrected chi connectivity index (χ1v) is 5.08. The summed E-state index contributed by atoms with van der Waals surface area (Å²) < 4.78 is 5.46. The molecule has 2 heteroatoms. The molecule has 2 nitrogen and oxygen atoms in total. The largest absolute Gasteiger partial charge is 0.504 e. The predicted octanol–water partition coefficient (Wildman–Crippen LogP) is 3.19. The Labute approximate surface area is 85.5 Å². The lowest BCUT2D eigenvalue weighted by Gasteiger charge is -2.10. The summed E-state index contributed by atoms with van der Waals surface area (Å²) in [5.41, 5.74) is 1.99. The molecule has 0 aliphatic heterocycles. The number of phenolic OH excluding ortho intramolecular Hbond substituents is 1. The fraction of sp³-hybridized carbons (Fsp3) is 0.500. The minimum Gasteiger partial charge on any atom is -0.504 e. The molecule has 0 aliphatic carbocycles. The first-order valence-electron chi connectivity index (χ1n) is 5.08. The molecule has 1 aromatic rings. The average Bonchev–Trinajstić information content (AvgIpc) is 2.18. The van der Waals surface area contributed by atoms with Gasteiger partial charge in [-0.05, 0) is 37.5 Å². The van der Waals surface area contributed by atoms with Gasteiger partial charge in [0.25, 0.3) is 0 Å². The number of rotatable bonds is 4. The van der Waals surface area contributed by atoms with E-state index in [1.807, 2.05) is 26.0 Å². The summed E-state index contributed by atoms with van der Waals surface area (Å²) >= 11 is 0. The van der Waals surface area contributed by atoms with Gasteiger partial charge in [0.1, 0.15) is 0 Å². The van der Waals surface area contributed by atoms with Gasteiger partial charge in [0, 0.05) is 0 Å². The highest BCUT2D eigenvalue weighted by molar-refractivity contribution is 5.48. The molecule has 0 aliphatic rings. The van der Waals surface area contributed by atoms with Crippen LogP contribution in [-0.4, -0.2) is 11.7 Å². The average molecular weight is 194 g/mol. The maximum absolute atomic E-state index is 9.75. The van der Waals surface area contributed by atoms with Crippen LogP contribution in [-0.2, 0) is 0 Å². The third kappa shape index (κ3) is 2.41. The predicted molar refractivity (Wildman–Crippen MR) is 58.0 cm³/mol. The molecule has 0 fully saturated rings. The van der Waals surface area contributed by atoms with E-state index in [1.165, 1.54) is 0 Å². The molecule has 1 rings (SSSR count). The van der Waals surface area contributed by atoms with Gasteiger partial charge in [-0.25, -0.2) is 0 Å². The van der Waals surface area contributed by atoms with Crippen molar-refractivity contribution in [2.24, 2.45) is 0 Å². The lowest BCUT2D eigenvalue weighted by Crippen LogP contribution is -1.97. The zero-order chi connectivity index (χ0) is 10.6. The zero-order valence-corrected chi connectivity index (χ0v) is 9.13. The fourth-order valence-corrected chi connectivity index (χ4v) is 1.22. The van der Waals surface area contributed by atoms with Crippen LogP contribution in [0.15, 0.2) is 12.1 Å². The van der Waals surface area contributed by atoms with E-state index in [2.05, 4.69) is 6.92 Å². The first-order chi connectivity index (χ1) is 6.66. The standard InChI is InChI=1S/C12H18O2/c1-4-5-8-14-11-7-6-9(2)10(3)12(11)13/h6-7,13H,4-5,8H2,1-3H3. The number of ether oxygens (including phenoxy) is 1. The molecule has 0 radical (unpaired) electrons. The molecule has 1 aromatic carbocycles. The van der Waals surface area contributed by atoms with E-state index in [0.717, 1.165) is 24.0 Å². The molecule has 14 heavy (non-hydrogen) atoms. The van der Waals surface area contributed by atoms with Gasteiger partial charge in [0.05, 0.1) is 6.61 Å². The van der Waals surface area contributed by atoms with Crippen LogP contribution in [0.2, 0.25) is 0 Å². The van der Waals surface area contributed by atoms with Crippen molar-refractivity contribution >= 4 is 0 Å². The Balaban J connectivity index is 2.73. The van der Waals surface area contributed by atoms with Crippen LogP contribution >= 0.6 is 0 Å². The van der Waals surface area contributed by atoms with Crippen molar-refractivity contribution in [1.29, 1.82) is 0 Å². The van der Waals surface area contributed by atoms with Crippen molar-refractivity contribution in [3.05, 3.63) is 23.3 Å². The normalized spacial score (nSPS) is 10.2. The molecule has 0 aromatic heterocycles. The molecule has 0 heterocycles. The number of hydrogen-bond donors (Lipinski definition) is 1. The Morgan fingerprint density at radius 2 is 2.00 bits per heavy atom. The van der Waals surface area contributed by atoms with E-state index in [4.69, 9.17) is 4.74 Å². The van der Waals surface area contributed by atoms with Gasteiger partial charge >= 0.3 is 0 Å². The van der Waals surface area contributed by atoms with Crippen LogP contribution in [0.5, 0.6) is 11.5 Å². The molecule has 0 atom stereocenters. The van der Waals surface area contributed by atoms with Crippen molar-refractivity contribution in [2.75, 3.05) is 6.61 Å². The molecule has 0 saturated heterocycles. The molecular formula is C12H18O2. The second-order valence-electron chi connectivity index (χ2n) is 3.56. The monoisotopic (exact) mass is 194 g/mol. The van der Waals surface area contributed by atoms with E-state index in [9.17, 15) is 5.11 Å². The molecule has 0 bridgehead atoms. The summed E-state index contributed by atoms with van der Waals surface area (Å²) in [5, 5.41) is 9.75. The highest BCUT2D eigenvalue weighted by Gasteiger charge is 2.06. The molecule has 0 unspecified atom stereocenters. The van der Waals surface area contributed by atoms with Gasteiger partial charge in [-0.1, -0.05) is 19.4 Å². The van der Waals surface area contributed by atoms with Gasteiger partial charge in [0.2, 0.25) is 0 Å². The molecule has 0 saturated carbocycles. The Morgan fingerprint density at radius 3 is 2.64 bits per heavy atom. The second-order valence-corrected chi connectivity index (χ2v) is 3.56. The second kappa shape index (κ2) is 4.89.